The molecular formula is C28H53F3O8. The van der Waals surface area contributed by atoms with Gasteiger partial charge in [0.2, 0.25) is 0 Å². The van der Waals surface area contributed by atoms with Crippen molar-refractivity contribution in [3.63, 3.8) is 0 Å². The predicted molar refractivity (Wildman–Crippen MR) is 144 cm³/mol. The lowest BCUT2D eigenvalue weighted by Gasteiger charge is -2.11. The lowest BCUT2D eigenvalue weighted by molar-refractivity contribution is -0.299. The van der Waals surface area contributed by atoms with Gasteiger partial charge in [0.15, 0.2) is 0 Å². The third kappa shape index (κ3) is 32.2. The molecule has 0 amide bonds. The Bertz CT molecular complexity index is 540. The molecule has 0 rings (SSSR count). The van der Waals surface area contributed by atoms with E-state index in [1.807, 2.05) is 27.7 Å². The Hall–Kier alpha value is -1.88. The van der Waals surface area contributed by atoms with E-state index in [1.54, 1.807) is 0 Å². The van der Waals surface area contributed by atoms with Crippen LogP contribution >= 0.6 is 0 Å². The molecule has 0 fully saturated rings. The minimum Gasteiger partial charge on any atom is -0.475 e. The van der Waals surface area contributed by atoms with E-state index < -0.39 is 12.1 Å². The molecule has 234 valence electrons. The average molecular weight is 575 g/mol. The maximum absolute atomic E-state index is 11.3. The molecule has 0 aromatic heterocycles. The van der Waals surface area contributed by atoms with Crippen molar-refractivity contribution < 1.29 is 52.2 Å². The van der Waals surface area contributed by atoms with E-state index >= 15 is 0 Å². The first-order chi connectivity index (χ1) is 18.4. The fraction of sp³-hybridized carbons (Fsp3) is 0.893. The van der Waals surface area contributed by atoms with Crippen LogP contribution in [0, 0.1) is 0 Å². The van der Waals surface area contributed by atoms with Crippen LogP contribution in [0.2, 0.25) is 0 Å². The number of halogens is 3. The third-order valence-corrected chi connectivity index (χ3v) is 5.59. The molecule has 11 heteroatoms. The van der Waals surface area contributed by atoms with E-state index in [0.717, 1.165) is 51.4 Å². The van der Waals surface area contributed by atoms with Gasteiger partial charge in [-0.1, -0.05) is 92.9 Å². The summed E-state index contributed by atoms with van der Waals surface area (Å²) >= 11 is 0. The molecule has 0 unspecified atom stereocenters. The van der Waals surface area contributed by atoms with Gasteiger partial charge in [0.25, 0.3) is 0 Å². The van der Waals surface area contributed by atoms with E-state index in [2.05, 4.69) is 13.8 Å². The van der Waals surface area contributed by atoms with Crippen molar-refractivity contribution in [1.29, 1.82) is 0 Å². The van der Waals surface area contributed by atoms with Gasteiger partial charge >= 0.3 is 24.1 Å². The number of carboxylic acid groups (broad SMARTS) is 1. The quantitative estimate of drug-likeness (QED) is 0.0874. The van der Waals surface area contributed by atoms with Gasteiger partial charge in [0, 0.05) is 12.8 Å². The van der Waals surface area contributed by atoms with Crippen molar-refractivity contribution in [1.82, 2.24) is 0 Å². The van der Waals surface area contributed by atoms with Crippen molar-refractivity contribution >= 4 is 17.9 Å². The molecule has 0 saturated carbocycles. The van der Waals surface area contributed by atoms with E-state index in [1.165, 1.54) is 38.5 Å². The highest BCUT2D eigenvalue weighted by molar-refractivity contribution is 5.73. The summed E-state index contributed by atoms with van der Waals surface area (Å²) in [6.45, 7) is 12.4. The second kappa shape index (κ2) is 29.1. The van der Waals surface area contributed by atoms with Crippen LogP contribution in [-0.2, 0) is 33.9 Å². The molecule has 0 bridgehead atoms. The second-order valence-electron chi connectivity index (χ2n) is 9.11. The fourth-order valence-corrected chi connectivity index (χ4v) is 2.92. The molecule has 0 saturated heterocycles. The molecule has 8 nitrogen and oxygen atoms in total. The highest BCUT2D eigenvalue weighted by Crippen LogP contribution is 2.13. The molecule has 0 aliphatic rings. The Morgan fingerprint density at radius 2 is 0.872 bits per heavy atom. The topological polar surface area (TPSA) is 108 Å². The molecule has 0 radical (unpaired) electrons. The van der Waals surface area contributed by atoms with Crippen molar-refractivity contribution in [2.45, 2.75) is 163 Å². The van der Waals surface area contributed by atoms with Crippen LogP contribution in [0.4, 0.5) is 13.2 Å². The Balaban J connectivity index is -0.000000537. The van der Waals surface area contributed by atoms with Crippen LogP contribution in [0.15, 0.2) is 0 Å². The number of alkyl halides is 3. The number of aliphatic carboxylic acids is 1. The van der Waals surface area contributed by atoms with E-state index in [9.17, 15) is 22.8 Å². The minimum absolute atomic E-state index is 0.0454. The molecule has 0 aliphatic heterocycles. The number of carboxylic acids is 1. The fourth-order valence-electron chi connectivity index (χ4n) is 2.92. The zero-order valence-corrected chi connectivity index (χ0v) is 24.9. The van der Waals surface area contributed by atoms with E-state index in [4.69, 9.17) is 29.5 Å². The first-order valence-electron chi connectivity index (χ1n) is 14.4. The number of carbonyl (C=O) groups is 3. The van der Waals surface area contributed by atoms with Crippen LogP contribution in [0.5, 0.6) is 0 Å². The molecule has 0 aliphatic carbocycles. The summed E-state index contributed by atoms with van der Waals surface area (Å²) in [6.07, 6.45) is 10.8. The van der Waals surface area contributed by atoms with Crippen LogP contribution in [0.1, 0.15) is 144 Å². The van der Waals surface area contributed by atoms with E-state index in [0.29, 0.717) is 12.8 Å². The summed E-state index contributed by atoms with van der Waals surface area (Å²) < 4.78 is 31.7. The predicted octanol–water partition coefficient (Wildman–Crippen LogP) is 8.65. The van der Waals surface area contributed by atoms with Gasteiger partial charge in [-0.15, -0.1) is 0 Å². The first-order valence-corrected chi connectivity index (χ1v) is 14.4. The lowest BCUT2D eigenvalue weighted by atomic mass is 10.1. The molecule has 1 N–H and O–H groups in total. The number of rotatable bonds is 20. The van der Waals surface area contributed by atoms with Gasteiger partial charge in [-0.3, -0.25) is 9.78 Å². The summed E-state index contributed by atoms with van der Waals surface area (Å²) in [7, 11) is 0. The molecule has 0 atom stereocenters. The van der Waals surface area contributed by atoms with Crippen molar-refractivity contribution in [3.8, 4) is 0 Å². The zero-order valence-electron chi connectivity index (χ0n) is 24.9. The van der Waals surface area contributed by atoms with Gasteiger partial charge in [-0.25, -0.2) is 14.4 Å². The van der Waals surface area contributed by atoms with Crippen LogP contribution in [0.3, 0.4) is 0 Å². The van der Waals surface area contributed by atoms with Gasteiger partial charge in [0.05, 0.1) is 0 Å². The van der Waals surface area contributed by atoms with Crippen LogP contribution in [0.25, 0.3) is 0 Å². The molecule has 39 heavy (non-hydrogen) atoms. The molecule has 0 aromatic rings. The van der Waals surface area contributed by atoms with Gasteiger partial charge in [0.1, 0.15) is 12.2 Å². The molecule has 0 aromatic carbocycles. The van der Waals surface area contributed by atoms with Gasteiger partial charge in [-0.2, -0.15) is 22.9 Å². The molecule has 0 spiro atoms. The minimum atomic E-state index is -5.08. The normalized spacial score (nSPS) is 10.8. The van der Waals surface area contributed by atoms with Crippen molar-refractivity contribution in [2.24, 2.45) is 0 Å². The highest BCUT2D eigenvalue weighted by atomic mass is 19.4. The molecular weight excluding hydrogens is 521 g/mol. The first kappa shape index (κ1) is 41.6. The number of hydrogen-bond donors (Lipinski definition) is 1. The monoisotopic (exact) mass is 574 g/mol. The Morgan fingerprint density at radius 1 is 0.590 bits per heavy atom. The lowest BCUT2D eigenvalue weighted by Crippen LogP contribution is -2.21. The number of carbonyl (C=O) groups excluding carboxylic acids is 2. The Labute approximate surface area is 233 Å². The van der Waals surface area contributed by atoms with Crippen LogP contribution < -0.4 is 0 Å². The smallest absolute Gasteiger partial charge is 0.475 e. The van der Waals surface area contributed by atoms with Crippen molar-refractivity contribution in [2.75, 3.05) is 0 Å². The Morgan fingerprint density at radius 3 is 1.10 bits per heavy atom. The summed E-state index contributed by atoms with van der Waals surface area (Å²) in [5.41, 5.74) is 0. The summed E-state index contributed by atoms with van der Waals surface area (Å²) in [4.78, 5) is 51.0. The average Bonchev–Trinajstić information content (AvgIpc) is 2.90. The SMILES string of the molecule is CCCCCCCC(=O)OOC(CC)CC.CCCCCCCC(=O)OOC(CC)CC.O=C(O)C(F)(F)F. The van der Waals surface area contributed by atoms with Crippen LogP contribution in [-0.4, -0.2) is 41.4 Å². The number of hydrogen-bond acceptors (Lipinski definition) is 7. The Kier molecular flexibility index (Phi) is 31.1. The zero-order chi connectivity index (χ0) is 30.5. The van der Waals surface area contributed by atoms with Crippen molar-refractivity contribution in [3.05, 3.63) is 0 Å². The standard InChI is InChI=1S/2C13H26O3.C2HF3O2/c2*1-4-7-8-9-10-11-13(14)16-15-12(5-2)6-3;3-2(4,5)1(6)7/h2*12H,4-11H2,1-3H3;(H,6,7). The summed E-state index contributed by atoms with van der Waals surface area (Å²) in [6, 6.07) is 0. The highest BCUT2D eigenvalue weighted by Gasteiger charge is 2.38. The second-order valence-corrected chi connectivity index (χ2v) is 9.11. The molecule has 0 heterocycles. The summed E-state index contributed by atoms with van der Waals surface area (Å²) in [5.74, 6) is -3.22. The maximum Gasteiger partial charge on any atom is 0.490 e. The number of unbranched alkanes of at least 4 members (excludes halogenated alkanes) is 8. The maximum atomic E-state index is 11.3. The largest absolute Gasteiger partial charge is 0.490 e. The summed E-state index contributed by atoms with van der Waals surface area (Å²) in [5, 5.41) is 7.12. The third-order valence-electron chi connectivity index (χ3n) is 5.59. The van der Waals surface area contributed by atoms with Gasteiger partial charge < -0.3 is 5.11 Å². The van der Waals surface area contributed by atoms with E-state index in [-0.39, 0.29) is 24.1 Å². The van der Waals surface area contributed by atoms with Gasteiger partial charge in [-0.05, 0) is 38.5 Å².